The monoisotopic (exact) mass is 664 g/mol. The van der Waals surface area contributed by atoms with Gasteiger partial charge in [-0.15, -0.1) is 0 Å². The Kier molecular flexibility index (Phi) is 20.2. The number of rotatable bonds is 11. The molecule has 0 aliphatic rings. The molecule has 0 saturated carbocycles. The van der Waals surface area contributed by atoms with Gasteiger partial charge in [0.15, 0.2) is 5.16 Å². The van der Waals surface area contributed by atoms with Gasteiger partial charge < -0.3 is 35.9 Å². The molecule has 0 amide bonds. The van der Waals surface area contributed by atoms with Crippen LogP contribution in [-0.4, -0.2) is 73.9 Å². The maximum absolute atomic E-state index is 10.1. The second-order valence-electron chi connectivity index (χ2n) is 9.26. The van der Waals surface area contributed by atoms with E-state index in [1.165, 1.54) is 11.8 Å². The van der Waals surface area contributed by atoms with Gasteiger partial charge in [-0.1, -0.05) is 23.4 Å². The number of anilines is 4. The number of ether oxygens (including phenoxy) is 1. The average molecular weight is 666 g/mol. The molecule has 0 unspecified atom stereocenters. The molecular formula is C26H39Cl2N10NaO3S. The number of thioether (sulfide) groups is 1. The molecule has 232 valence electrons. The fraction of sp³-hybridized carbons (Fsp3) is 0.500. The SMILES string of the molecule is CCNc1nc(Cl)nc(NCC)n1.CCNc1nc(NC(C)(C)C)nc(SC)n1.Cc1cc(Cl)ccc1OCC(=O)[O-].[Na+]. The van der Waals surface area contributed by atoms with Crippen molar-refractivity contribution in [2.45, 2.75) is 59.2 Å². The van der Waals surface area contributed by atoms with Gasteiger partial charge >= 0.3 is 29.6 Å². The van der Waals surface area contributed by atoms with Crippen molar-refractivity contribution in [1.82, 2.24) is 29.9 Å². The molecule has 17 heteroatoms. The Hall–Kier alpha value is -2.36. The molecule has 0 aliphatic carbocycles. The van der Waals surface area contributed by atoms with Crippen LogP contribution in [0.15, 0.2) is 23.4 Å². The zero-order valence-electron chi connectivity index (χ0n) is 26.1. The molecule has 0 bridgehead atoms. The van der Waals surface area contributed by atoms with E-state index in [0.29, 0.717) is 34.6 Å². The molecule has 2 aromatic heterocycles. The largest absolute Gasteiger partial charge is 1.00 e. The minimum Gasteiger partial charge on any atom is -0.546 e. The number of aliphatic carboxylic acids is 1. The second-order valence-corrected chi connectivity index (χ2v) is 10.8. The molecule has 3 aromatic rings. The molecule has 0 atom stereocenters. The molecule has 0 radical (unpaired) electrons. The molecule has 4 N–H and O–H groups in total. The first-order valence-electron chi connectivity index (χ1n) is 13.1. The zero-order chi connectivity index (χ0) is 31.7. The fourth-order valence-corrected chi connectivity index (χ4v) is 3.55. The summed E-state index contributed by atoms with van der Waals surface area (Å²) in [6.07, 6.45) is 1.95. The minimum absolute atomic E-state index is 0. The van der Waals surface area contributed by atoms with Gasteiger partial charge in [0.25, 0.3) is 0 Å². The van der Waals surface area contributed by atoms with Crippen molar-refractivity contribution in [1.29, 1.82) is 0 Å². The Morgan fingerprint density at radius 2 is 1.37 bits per heavy atom. The van der Waals surface area contributed by atoms with Crippen molar-refractivity contribution in [2.75, 3.05) is 53.8 Å². The predicted molar refractivity (Wildman–Crippen MR) is 169 cm³/mol. The normalized spacial score (nSPS) is 10.1. The predicted octanol–water partition coefficient (Wildman–Crippen LogP) is 1.41. The van der Waals surface area contributed by atoms with Gasteiger partial charge in [0.05, 0.1) is 5.97 Å². The molecular weight excluding hydrogens is 626 g/mol. The zero-order valence-corrected chi connectivity index (χ0v) is 30.5. The summed E-state index contributed by atoms with van der Waals surface area (Å²) in [6, 6.07) is 4.96. The van der Waals surface area contributed by atoms with E-state index in [1.54, 1.807) is 25.1 Å². The van der Waals surface area contributed by atoms with Gasteiger partial charge in [0.1, 0.15) is 12.4 Å². The molecule has 3 rings (SSSR count). The van der Waals surface area contributed by atoms with Crippen molar-refractivity contribution in [3.8, 4) is 5.75 Å². The Labute approximate surface area is 289 Å². The van der Waals surface area contributed by atoms with Crippen LogP contribution < -0.4 is 60.7 Å². The molecule has 0 spiro atoms. The number of nitrogens with one attached hydrogen (secondary N) is 4. The van der Waals surface area contributed by atoms with E-state index in [9.17, 15) is 9.90 Å². The number of benzene rings is 1. The number of nitrogens with zero attached hydrogens (tertiary/aromatic N) is 6. The van der Waals surface area contributed by atoms with Crippen LogP contribution in [-0.2, 0) is 4.79 Å². The number of carbonyl (C=O) groups is 1. The maximum atomic E-state index is 10.1. The van der Waals surface area contributed by atoms with Crippen molar-refractivity contribution in [2.24, 2.45) is 0 Å². The van der Waals surface area contributed by atoms with E-state index in [0.717, 1.165) is 30.4 Å². The fourth-order valence-electron chi connectivity index (χ4n) is 2.81. The summed E-state index contributed by atoms with van der Waals surface area (Å²) in [7, 11) is 0. The van der Waals surface area contributed by atoms with E-state index in [-0.39, 0.29) is 40.4 Å². The number of carbonyl (C=O) groups excluding carboxylic acids is 1. The van der Waals surface area contributed by atoms with Crippen molar-refractivity contribution in [3.63, 3.8) is 0 Å². The van der Waals surface area contributed by atoms with Crippen LogP contribution in [0, 0.1) is 6.92 Å². The summed E-state index contributed by atoms with van der Waals surface area (Å²) in [6.45, 7) is 15.8. The molecule has 2 heterocycles. The van der Waals surface area contributed by atoms with Gasteiger partial charge in [0, 0.05) is 30.2 Å². The van der Waals surface area contributed by atoms with Crippen LogP contribution in [0.4, 0.5) is 23.8 Å². The van der Waals surface area contributed by atoms with Gasteiger partial charge in [-0.25, -0.2) is 0 Å². The van der Waals surface area contributed by atoms with E-state index < -0.39 is 12.6 Å². The first-order valence-corrected chi connectivity index (χ1v) is 15.1. The Balaban J connectivity index is 0.000000613. The van der Waals surface area contributed by atoms with E-state index >= 15 is 0 Å². The Morgan fingerprint density at radius 1 is 0.884 bits per heavy atom. The summed E-state index contributed by atoms with van der Waals surface area (Å²) in [5.41, 5.74) is 0.745. The van der Waals surface area contributed by atoms with E-state index in [2.05, 4.69) is 71.9 Å². The van der Waals surface area contributed by atoms with Gasteiger partial charge in [-0.2, -0.15) is 29.9 Å². The van der Waals surface area contributed by atoms with Crippen molar-refractivity contribution >= 4 is 64.7 Å². The summed E-state index contributed by atoms with van der Waals surface area (Å²) >= 11 is 12.9. The molecule has 1 aromatic carbocycles. The van der Waals surface area contributed by atoms with Crippen LogP contribution in [0.25, 0.3) is 0 Å². The summed E-state index contributed by atoms with van der Waals surface area (Å²) in [5, 5.41) is 23.9. The third-order valence-corrected chi connectivity index (χ3v) is 5.33. The number of carboxylic acids is 1. The van der Waals surface area contributed by atoms with Crippen molar-refractivity contribution in [3.05, 3.63) is 34.1 Å². The van der Waals surface area contributed by atoms with Crippen molar-refractivity contribution < 1.29 is 44.2 Å². The number of hydrogen-bond acceptors (Lipinski definition) is 14. The number of halogens is 2. The van der Waals surface area contributed by atoms with Crippen LogP contribution in [0.5, 0.6) is 5.75 Å². The first-order chi connectivity index (χ1) is 19.8. The summed E-state index contributed by atoms with van der Waals surface area (Å²) in [5.74, 6) is 1.50. The van der Waals surface area contributed by atoms with Crippen LogP contribution in [0.2, 0.25) is 10.3 Å². The van der Waals surface area contributed by atoms with Crippen LogP contribution in [0.1, 0.15) is 47.1 Å². The Bertz CT molecular complexity index is 1250. The summed E-state index contributed by atoms with van der Waals surface area (Å²) < 4.78 is 4.93. The first kappa shape index (κ1) is 40.6. The quantitative estimate of drug-likeness (QED) is 0.171. The van der Waals surface area contributed by atoms with E-state index in [4.69, 9.17) is 27.9 Å². The Morgan fingerprint density at radius 3 is 1.81 bits per heavy atom. The average Bonchev–Trinajstić information content (AvgIpc) is 2.88. The van der Waals surface area contributed by atoms with E-state index in [1.807, 2.05) is 27.0 Å². The van der Waals surface area contributed by atoms with Gasteiger partial charge in [-0.3, -0.25) is 0 Å². The number of aromatic nitrogens is 6. The number of carboxylic acid groups (broad SMARTS) is 1. The topological polar surface area (TPSA) is 175 Å². The number of aryl methyl sites for hydroxylation is 1. The molecule has 0 aliphatic heterocycles. The minimum atomic E-state index is -1.24. The van der Waals surface area contributed by atoms with Crippen LogP contribution in [0.3, 0.4) is 0 Å². The maximum Gasteiger partial charge on any atom is 1.00 e. The molecule has 13 nitrogen and oxygen atoms in total. The second kappa shape index (κ2) is 21.4. The van der Waals surface area contributed by atoms with Gasteiger partial charge in [0.2, 0.25) is 29.1 Å². The smallest absolute Gasteiger partial charge is 0.546 e. The third kappa shape index (κ3) is 18.1. The van der Waals surface area contributed by atoms with Crippen LogP contribution >= 0.6 is 35.0 Å². The molecule has 43 heavy (non-hydrogen) atoms. The number of hydrogen-bond donors (Lipinski definition) is 4. The molecule has 0 saturated heterocycles. The molecule has 0 fully saturated rings. The third-order valence-electron chi connectivity index (χ3n) is 4.38. The summed E-state index contributed by atoms with van der Waals surface area (Å²) in [4.78, 5) is 34.8. The van der Waals surface area contributed by atoms with Gasteiger partial charge in [-0.05, 0) is 90.1 Å². The standard InChI is InChI=1S/C10H19N5S.C9H9ClO3.C7H12ClN5.Na/c1-6-11-7-12-8(15-10(2,3)4)14-9(13-7)16-5;1-6-4-7(10)2-3-8(6)13-5-9(11)12;1-3-9-6-11-5(8)12-7(13-6)10-4-2;/h6H2,1-5H3,(H2,11,12,13,14,15);2-4H,5H2,1H3,(H,11,12);3-4H2,1-2H3,(H2,9,10,11,12,13);/q;;;+1/p-1.